The third kappa shape index (κ3) is 4.61. The van der Waals surface area contributed by atoms with Crippen LogP contribution in [0.5, 0.6) is 5.75 Å². The fraction of sp³-hybridized carbons (Fsp3) is 0.350. The van der Waals surface area contributed by atoms with Crippen molar-refractivity contribution in [2.24, 2.45) is 0 Å². The number of carbonyl (C=O) groups excluding carboxylic acids is 1. The quantitative estimate of drug-likeness (QED) is 0.841. The van der Waals surface area contributed by atoms with Gasteiger partial charge in [0.05, 0.1) is 17.8 Å². The molecule has 0 atom stereocenters. The van der Waals surface area contributed by atoms with E-state index in [9.17, 15) is 4.79 Å². The van der Waals surface area contributed by atoms with Crippen LogP contribution in [0.15, 0.2) is 48.5 Å². The molecular weight excluding hydrogens is 350 g/mol. The highest BCUT2D eigenvalue weighted by atomic mass is 35.5. The van der Waals surface area contributed by atoms with Crippen LogP contribution in [0.1, 0.15) is 6.42 Å². The van der Waals surface area contributed by atoms with Gasteiger partial charge in [-0.2, -0.15) is 0 Å². The summed E-state index contributed by atoms with van der Waals surface area (Å²) in [6.45, 7) is 3.77. The molecule has 3 rings (SSSR count). The Labute approximate surface area is 159 Å². The molecule has 0 aliphatic carbocycles. The fourth-order valence-electron chi connectivity index (χ4n) is 3.07. The predicted molar refractivity (Wildman–Crippen MR) is 106 cm³/mol. The Morgan fingerprint density at radius 3 is 2.42 bits per heavy atom. The number of hydrogen-bond donors (Lipinski definition) is 1. The van der Waals surface area contributed by atoms with Gasteiger partial charge in [0, 0.05) is 44.8 Å². The number of nitrogens with one attached hydrogen (secondary N) is 1. The third-order valence-electron chi connectivity index (χ3n) is 4.60. The molecule has 2 aromatic carbocycles. The van der Waals surface area contributed by atoms with E-state index in [4.69, 9.17) is 16.3 Å². The number of piperazine rings is 1. The zero-order valence-electron chi connectivity index (χ0n) is 15.0. The molecule has 26 heavy (non-hydrogen) atoms. The molecule has 0 aromatic heterocycles. The minimum atomic E-state index is 0.180. The Bertz CT molecular complexity index is 728. The van der Waals surface area contributed by atoms with E-state index < -0.39 is 0 Å². The third-order valence-corrected chi connectivity index (χ3v) is 4.93. The van der Waals surface area contributed by atoms with Gasteiger partial charge in [-0.3, -0.25) is 4.79 Å². The molecule has 0 radical (unpaired) electrons. The molecule has 0 saturated carbocycles. The number of halogens is 1. The van der Waals surface area contributed by atoms with Crippen LogP contribution in [-0.4, -0.2) is 50.6 Å². The Kier molecular flexibility index (Phi) is 6.23. The maximum atomic E-state index is 12.4. The zero-order valence-corrected chi connectivity index (χ0v) is 15.7. The zero-order chi connectivity index (χ0) is 18.4. The van der Waals surface area contributed by atoms with Crippen molar-refractivity contribution < 1.29 is 9.53 Å². The van der Waals surface area contributed by atoms with E-state index in [0.29, 0.717) is 18.0 Å². The van der Waals surface area contributed by atoms with Crippen molar-refractivity contribution >= 4 is 28.9 Å². The lowest BCUT2D eigenvalue weighted by atomic mass is 10.2. The van der Waals surface area contributed by atoms with Gasteiger partial charge in [0.2, 0.25) is 5.91 Å². The molecule has 0 spiro atoms. The number of anilines is 2. The Balaban J connectivity index is 1.43. The van der Waals surface area contributed by atoms with Gasteiger partial charge in [-0.1, -0.05) is 23.7 Å². The van der Waals surface area contributed by atoms with Crippen molar-refractivity contribution in [1.29, 1.82) is 0 Å². The van der Waals surface area contributed by atoms with Gasteiger partial charge in [-0.15, -0.1) is 0 Å². The highest BCUT2D eigenvalue weighted by Gasteiger charge is 2.21. The largest absolute Gasteiger partial charge is 0.497 e. The van der Waals surface area contributed by atoms with Crippen molar-refractivity contribution in [3.63, 3.8) is 0 Å². The number of carbonyl (C=O) groups is 1. The van der Waals surface area contributed by atoms with E-state index >= 15 is 0 Å². The number of amides is 1. The molecule has 0 bridgehead atoms. The lowest BCUT2D eigenvalue weighted by Gasteiger charge is -2.36. The van der Waals surface area contributed by atoms with Crippen LogP contribution in [0, 0.1) is 0 Å². The molecule has 6 heteroatoms. The van der Waals surface area contributed by atoms with Gasteiger partial charge < -0.3 is 19.9 Å². The second-order valence-corrected chi connectivity index (χ2v) is 6.63. The Morgan fingerprint density at radius 2 is 1.77 bits per heavy atom. The van der Waals surface area contributed by atoms with E-state index in [1.807, 2.05) is 41.3 Å². The van der Waals surface area contributed by atoms with Crippen LogP contribution in [0.2, 0.25) is 5.02 Å². The minimum Gasteiger partial charge on any atom is -0.497 e. The van der Waals surface area contributed by atoms with Crippen LogP contribution >= 0.6 is 11.6 Å². The topological polar surface area (TPSA) is 44.8 Å². The second kappa shape index (κ2) is 8.81. The SMILES string of the molecule is COc1ccc(N2CCN(C(=O)CCNc3ccccc3Cl)CC2)cc1. The average molecular weight is 374 g/mol. The molecule has 1 N–H and O–H groups in total. The summed E-state index contributed by atoms with van der Waals surface area (Å²) in [5.74, 6) is 1.03. The Morgan fingerprint density at radius 1 is 1.08 bits per heavy atom. The standard InChI is InChI=1S/C20H24ClN3O2/c1-26-17-8-6-16(7-9-17)23-12-14-24(15-13-23)20(25)10-11-22-19-5-3-2-4-18(19)21/h2-9,22H,10-15H2,1H3. The first-order chi connectivity index (χ1) is 12.7. The second-order valence-electron chi connectivity index (χ2n) is 6.22. The van der Waals surface area contributed by atoms with E-state index in [0.717, 1.165) is 37.6 Å². The summed E-state index contributed by atoms with van der Waals surface area (Å²) in [6.07, 6.45) is 0.466. The van der Waals surface area contributed by atoms with Gasteiger partial charge >= 0.3 is 0 Å². The molecule has 2 aromatic rings. The number of nitrogens with zero attached hydrogens (tertiary/aromatic N) is 2. The molecule has 5 nitrogen and oxygen atoms in total. The normalized spacial score (nSPS) is 14.2. The van der Waals surface area contributed by atoms with E-state index in [1.165, 1.54) is 5.69 Å². The van der Waals surface area contributed by atoms with Crippen molar-refractivity contribution in [2.45, 2.75) is 6.42 Å². The molecule has 1 amide bonds. The van der Waals surface area contributed by atoms with E-state index in [2.05, 4.69) is 22.3 Å². The molecule has 0 unspecified atom stereocenters. The molecule has 1 fully saturated rings. The van der Waals surface area contributed by atoms with Gasteiger partial charge in [0.15, 0.2) is 0 Å². The summed E-state index contributed by atoms with van der Waals surface area (Å²) in [5, 5.41) is 3.90. The van der Waals surface area contributed by atoms with Crippen molar-refractivity contribution in [2.75, 3.05) is 50.1 Å². The smallest absolute Gasteiger partial charge is 0.224 e. The fourth-order valence-corrected chi connectivity index (χ4v) is 3.28. The molecule has 138 valence electrons. The number of ether oxygens (including phenoxy) is 1. The molecular formula is C20H24ClN3O2. The predicted octanol–water partition coefficient (Wildman–Crippen LogP) is 3.50. The number of hydrogen-bond acceptors (Lipinski definition) is 4. The summed E-state index contributed by atoms with van der Waals surface area (Å²) in [5.41, 5.74) is 2.03. The first kappa shape index (κ1) is 18.4. The highest BCUT2D eigenvalue weighted by Crippen LogP contribution is 2.21. The van der Waals surface area contributed by atoms with Crippen LogP contribution in [0.4, 0.5) is 11.4 Å². The van der Waals surface area contributed by atoms with Crippen LogP contribution in [-0.2, 0) is 4.79 Å². The van der Waals surface area contributed by atoms with Crippen molar-refractivity contribution in [1.82, 2.24) is 4.90 Å². The van der Waals surface area contributed by atoms with Crippen molar-refractivity contribution in [3.05, 3.63) is 53.6 Å². The highest BCUT2D eigenvalue weighted by molar-refractivity contribution is 6.33. The number of methoxy groups -OCH3 is 1. The summed E-state index contributed by atoms with van der Waals surface area (Å²) < 4.78 is 5.20. The lowest BCUT2D eigenvalue weighted by molar-refractivity contribution is -0.131. The summed E-state index contributed by atoms with van der Waals surface area (Å²) in [4.78, 5) is 16.7. The van der Waals surface area contributed by atoms with Gasteiger partial charge in [-0.25, -0.2) is 0 Å². The van der Waals surface area contributed by atoms with Gasteiger partial charge in [0.25, 0.3) is 0 Å². The first-order valence-electron chi connectivity index (χ1n) is 8.82. The summed E-state index contributed by atoms with van der Waals surface area (Å²) >= 11 is 6.11. The van der Waals surface area contributed by atoms with Crippen LogP contribution in [0.3, 0.4) is 0 Å². The molecule has 1 aliphatic rings. The molecule has 1 saturated heterocycles. The summed E-state index contributed by atoms with van der Waals surface area (Å²) in [6, 6.07) is 15.6. The van der Waals surface area contributed by atoms with E-state index in [-0.39, 0.29) is 5.91 Å². The van der Waals surface area contributed by atoms with Gasteiger partial charge in [-0.05, 0) is 36.4 Å². The lowest BCUT2D eigenvalue weighted by Crippen LogP contribution is -2.49. The number of benzene rings is 2. The molecule has 1 aliphatic heterocycles. The van der Waals surface area contributed by atoms with Crippen LogP contribution < -0.4 is 15.0 Å². The number of para-hydroxylation sites is 1. The maximum Gasteiger partial charge on any atom is 0.224 e. The van der Waals surface area contributed by atoms with Crippen LogP contribution in [0.25, 0.3) is 0 Å². The number of rotatable bonds is 6. The Hall–Kier alpha value is -2.40. The summed E-state index contributed by atoms with van der Waals surface area (Å²) in [7, 11) is 1.67. The van der Waals surface area contributed by atoms with Crippen molar-refractivity contribution in [3.8, 4) is 5.75 Å². The first-order valence-corrected chi connectivity index (χ1v) is 9.20. The van der Waals surface area contributed by atoms with E-state index in [1.54, 1.807) is 7.11 Å². The molecule has 1 heterocycles. The monoisotopic (exact) mass is 373 g/mol. The maximum absolute atomic E-state index is 12.4. The average Bonchev–Trinajstić information content (AvgIpc) is 2.69. The minimum absolute atomic E-state index is 0.180. The van der Waals surface area contributed by atoms with Gasteiger partial charge in [0.1, 0.15) is 5.75 Å².